The average Bonchev–Trinajstić information content (AvgIpc) is 2.21. The largest absolute Gasteiger partial charge is 0.480 e. The highest BCUT2D eigenvalue weighted by Crippen LogP contribution is 2.25. The lowest BCUT2D eigenvalue weighted by molar-refractivity contribution is -0.138. The fraction of sp³-hybridized carbons (Fsp3) is 0.300. The lowest BCUT2D eigenvalue weighted by Crippen LogP contribution is -2.33. The van der Waals surface area contributed by atoms with Crippen molar-refractivity contribution in [3.63, 3.8) is 0 Å². The maximum atomic E-state index is 13.5. The third-order valence-electron chi connectivity index (χ3n) is 2.17. The Bertz CT molecular complexity index is 411. The highest BCUT2D eigenvalue weighted by atomic mass is 35.5. The fourth-order valence-corrected chi connectivity index (χ4v) is 1.56. The maximum absolute atomic E-state index is 13.5. The number of hydrogen-bond acceptors (Lipinski definition) is 2. The molecular formula is C10H10ClF2NO2. The third-order valence-corrected chi connectivity index (χ3v) is 2.45. The zero-order valence-corrected chi connectivity index (χ0v) is 9.18. The minimum atomic E-state index is -1.36. The molecule has 0 aliphatic heterocycles. The quantitative estimate of drug-likeness (QED) is 0.804. The lowest BCUT2D eigenvalue weighted by atomic mass is 10.0. The van der Waals surface area contributed by atoms with Gasteiger partial charge >= 0.3 is 5.97 Å². The van der Waals surface area contributed by atoms with Crippen LogP contribution >= 0.6 is 11.6 Å². The summed E-state index contributed by atoms with van der Waals surface area (Å²) in [5, 5.41) is 8.32. The SMILES string of the molecule is Cc1cc(Cl)c(F)c(CC(N)C(=O)O)c1F. The maximum Gasteiger partial charge on any atom is 0.320 e. The van der Waals surface area contributed by atoms with Crippen molar-refractivity contribution in [2.24, 2.45) is 5.73 Å². The number of aryl methyl sites for hydroxylation is 1. The van der Waals surface area contributed by atoms with Gasteiger partial charge in [-0.3, -0.25) is 4.79 Å². The van der Waals surface area contributed by atoms with Crippen molar-refractivity contribution in [3.8, 4) is 0 Å². The molecule has 0 aliphatic carbocycles. The number of hydrogen-bond donors (Lipinski definition) is 2. The van der Waals surface area contributed by atoms with E-state index >= 15 is 0 Å². The van der Waals surface area contributed by atoms with Crippen LogP contribution in [0, 0.1) is 18.6 Å². The van der Waals surface area contributed by atoms with Crippen LogP contribution in [0.5, 0.6) is 0 Å². The van der Waals surface area contributed by atoms with Gasteiger partial charge in [0.25, 0.3) is 0 Å². The van der Waals surface area contributed by atoms with Crippen molar-refractivity contribution in [2.45, 2.75) is 19.4 Å². The molecule has 0 heterocycles. The van der Waals surface area contributed by atoms with Gasteiger partial charge in [-0.15, -0.1) is 0 Å². The van der Waals surface area contributed by atoms with E-state index in [1.54, 1.807) is 0 Å². The first kappa shape index (κ1) is 12.9. The number of rotatable bonds is 3. The summed E-state index contributed by atoms with van der Waals surface area (Å²) in [6.45, 7) is 1.41. The summed E-state index contributed by atoms with van der Waals surface area (Å²) in [5.41, 5.74) is 4.97. The highest BCUT2D eigenvalue weighted by molar-refractivity contribution is 6.30. The predicted molar refractivity (Wildman–Crippen MR) is 55.4 cm³/mol. The van der Waals surface area contributed by atoms with Crippen molar-refractivity contribution in [1.29, 1.82) is 0 Å². The Morgan fingerprint density at radius 1 is 1.56 bits per heavy atom. The lowest BCUT2D eigenvalue weighted by Gasteiger charge is -2.11. The molecule has 0 spiro atoms. The molecule has 0 radical (unpaired) electrons. The molecule has 1 unspecified atom stereocenters. The predicted octanol–water partition coefficient (Wildman–Crippen LogP) is 1.88. The van der Waals surface area contributed by atoms with Crippen molar-refractivity contribution < 1.29 is 18.7 Å². The Labute approximate surface area is 95.8 Å². The van der Waals surface area contributed by atoms with Crippen LogP contribution in [0.2, 0.25) is 5.02 Å². The zero-order chi connectivity index (χ0) is 12.5. The molecule has 0 bridgehead atoms. The molecule has 1 aromatic rings. The minimum Gasteiger partial charge on any atom is -0.480 e. The van der Waals surface area contributed by atoms with E-state index in [1.807, 2.05) is 0 Å². The van der Waals surface area contributed by atoms with Gasteiger partial charge in [-0.05, 0) is 18.6 Å². The van der Waals surface area contributed by atoms with E-state index in [9.17, 15) is 13.6 Å². The van der Waals surface area contributed by atoms with Gasteiger partial charge in [-0.25, -0.2) is 8.78 Å². The topological polar surface area (TPSA) is 63.3 Å². The Kier molecular flexibility index (Phi) is 3.83. The van der Waals surface area contributed by atoms with Gasteiger partial charge in [-0.1, -0.05) is 11.6 Å². The van der Waals surface area contributed by atoms with Crippen LogP contribution < -0.4 is 5.73 Å². The molecular weight excluding hydrogens is 240 g/mol. The third kappa shape index (κ3) is 2.48. The Balaban J connectivity index is 3.17. The van der Waals surface area contributed by atoms with Crippen molar-refractivity contribution in [1.82, 2.24) is 0 Å². The van der Waals surface area contributed by atoms with E-state index in [-0.39, 0.29) is 16.1 Å². The van der Waals surface area contributed by atoms with Crippen molar-refractivity contribution in [2.75, 3.05) is 0 Å². The summed E-state index contributed by atoms with van der Waals surface area (Å²) in [5.74, 6) is -3.09. The number of halogens is 3. The van der Waals surface area contributed by atoms with Gasteiger partial charge in [0.1, 0.15) is 17.7 Å². The number of carboxylic acid groups (broad SMARTS) is 1. The summed E-state index contributed by atoms with van der Waals surface area (Å²) >= 11 is 5.52. The van der Waals surface area contributed by atoms with Crippen LogP contribution in [0.1, 0.15) is 11.1 Å². The van der Waals surface area contributed by atoms with Crippen LogP contribution in [-0.2, 0) is 11.2 Å². The average molecular weight is 250 g/mol. The first-order valence-electron chi connectivity index (χ1n) is 4.46. The molecule has 88 valence electrons. The molecule has 1 aromatic carbocycles. The zero-order valence-electron chi connectivity index (χ0n) is 8.43. The Hall–Kier alpha value is -1.20. The van der Waals surface area contributed by atoms with Gasteiger partial charge in [0.2, 0.25) is 0 Å². The minimum absolute atomic E-state index is 0.152. The van der Waals surface area contributed by atoms with Crippen molar-refractivity contribution in [3.05, 3.63) is 33.9 Å². The molecule has 1 rings (SSSR count). The molecule has 0 saturated carbocycles. The van der Waals surface area contributed by atoms with Gasteiger partial charge < -0.3 is 10.8 Å². The molecule has 3 N–H and O–H groups in total. The summed E-state index contributed by atoms with van der Waals surface area (Å²) < 4.78 is 27.0. The van der Waals surface area contributed by atoms with Crippen LogP contribution in [0.3, 0.4) is 0 Å². The van der Waals surface area contributed by atoms with E-state index in [0.29, 0.717) is 0 Å². The summed E-state index contributed by atoms with van der Waals surface area (Å²) in [4.78, 5) is 10.5. The van der Waals surface area contributed by atoms with Crippen LogP contribution in [-0.4, -0.2) is 17.1 Å². The van der Waals surface area contributed by atoms with Crippen LogP contribution in [0.15, 0.2) is 6.07 Å². The van der Waals surface area contributed by atoms with Gasteiger partial charge in [0, 0.05) is 12.0 Å². The monoisotopic (exact) mass is 249 g/mol. The Morgan fingerprint density at radius 3 is 2.62 bits per heavy atom. The number of carboxylic acids is 1. The fourth-order valence-electron chi connectivity index (χ4n) is 1.28. The van der Waals surface area contributed by atoms with Gasteiger partial charge in [0.15, 0.2) is 0 Å². The first-order valence-corrected chi connectivity index (χ1v) is 4.83. The smallest absolute Gasteiger partial charge is 0.320 e. The molecule has 16 heavy (non-hydrogen) atoms. The van der Waals surface area contributed by atoms with Crippen LogP contribution in [0.4, 0.5) is 8.78 Å². The highest BCUT2D eigenvalue weighted by Gasteiger charge is 2.21. The standard InChI is InChI=1S/C10H10ClF2NO2/c1-4-2-6(11)9(13)5(8(4)12)3-7(14)10(15)16/h2,7H,3,14H2,1H3,(H,15,16). The number of nitrogens with two attached hydrogens (primary N) is 1. The Morgan fingerprint density at radius 2 is 2.12 bits per heavy atom. The normalized spacial score (nSPS) is 12.6. The molecule has 0 saturated heterocycles. The second-order valence-corrected chi connectivity index (χ2v) is 3.84. The molecule has 3 nitrogen and oxygen atoms in total. The summed E-state index contributed by atoms with van der Waals surface area (Å²) in [6.07, 6.45) is -0.436. The van der Waals surface area contributed by atoms with E-state index in [4.69, 9.17) is 22.4 Å². The van der Waals surface area contributed by atoms with E-state index in [1.165, 1.54) is 6.92 Å². The van der Waals surface area contributed by atoms with E-state index in [2.05, 4.69) is 0 Å². The summed E-state index contributed by atoms with van der Waals surface area (Å²) in [6, 6.07) is -0.218. The van der Waals surface area contributed by atoms with Gasteiger partial charge in [0.05, 0.1) is 5.02 Å². The van der Waals surface area contributed by atoms with Gasteiger partial charge in [-0.2, -0.15) is 0 Å². The van der Waals surface area contributed by atoms with E-state index < -0.39 is 30.1 Å². The van der Waals surface area contributed by atoms with Crippen LogP contribution in [0.25, 0.3) is 0 Å². The second-order valence-electron chi connectivity index (χ2n) is 3.43. The van der Waals surface area contributed by atoms with Crippen molar-refractivity contribution >= 4 is 17.6 Å². The molecule has 1 atom stereocenters. The molecule has 0 fully saturated rings. The number of carbonyl (C=O) groups is 1. The molecule has 6 heteroatoms. The molecule has 0 aromatic heterocycles. The second kappa shape index (κ2) is 4.76. The number of benzene rings is 1. The molecule has 0 aliphatic rings. The number of aliphatic carboxylic acids is 1. The first-order chi connectivity index (χ1) is 7.34. The molecule has 0 amide bonds. The van der Waals surface area contributed by atoms with E-state index in [0.717, 1.165) is 6.07 Å². The summed E-state index contributed by atoms with van der Waals surface area (Å²) in [7, 11) is 0.